The first-order valence-electron chi connectivity index (χ1n) is 9.70. The Morgan fingerprint density at radius 3 is 2.72 bits per heavy atom. The summed E-state index contributed by atoms with van der Waals surface area (Å²) < 4.78 is 15.7. The molecule has 1 atom stereocenters. The molecule has 0 aliphatic carbocycles. The molecule has 1 aromatic heterocycles. The molecule has 32 heavy (non-hydrogen) atoms. The molecule has 1 N–H and O–H groups in total. The molecule has 0 radical (unpaired) electrons. The summed E-state index contributed by atoms with van der Waals surface area (Å²) in [4.78, 5) is 48.2. The number of imide groups is 1. The van der Waals surface area contributed by atoms with Crippen molar-refractivity contribution in [2.24, 2.45) is 0 Å². The van der Waals surface area contributed by atoms with Gasteiger partial charge in [-0.2, -0.15) is 0 Å². The highest BCUT2D eigenvalue weighted by atomic mass is 16.6. The van der Waals surface area contributed by atoms with Crippen LogP contribution >= 0.6 is 0 Å². The van der Waals surface area contributed by atoms with Gasteiger partial charge in [0.1, 0.15) is 17.2 Å². The number of carbonyl (C=O) groups is 3. The number of nitrogens with zero attached hydrogens (tertiary/aromatic N) is 2. The standard InChI is InChI=1S/C21H21N3O8/c1-4-12(2)31-17-7-5-14(24(28)29)9-13(17)10-16-19(25)23(21(27)22-16)11-15-6-8-18(32-15)20(26)30-3/h5-10,12H,4,11H2,1-3H3,(H,22,27)/b16-10-/t12-/m0/s1. The van der Waals surface area contributed by atoms with E-state index in [-0.39, 0.29) is 41.1 Å². The van der Waals surface area contributed by atoms with Gasteiger partial charge < -0.3 is 19.2 Å². The third-order valence-corrected chi connectivity index (χ3v) is 4.73. The van der Waals surface area contributed by atoms with E-state index in [4.69, 9.17) is 9.15 Å². The van der Waals surface area contributed by atoms with Gasteiger partial charge in [0, 0.05) is 17.7 Å². The Balaban J connectivity index is 1.87. The smallest absolute Gasteiger partial charge is 0.373 e. The molecule has 1 aliphatic rings. The van der Waals surface area contributed by atoms with Crippen LogP contribution in [0.3, 0.4) is 0 Å². The Morgan fingerprint density at radius 2 is 2.06 bits per heavy atom. The van der Waals surface area contributed by atoms with Crippen molar-refractivity contribution in [3.8, 4) is 5.75 Å². The molecule has 168 valence electrons. The molecular weight excluding hydrogens is 422 g/mol. The van der Waals surface area contributed by atoms with Crippen molar-refractivity contribution in [3.05, 3.63) is 63.2 Å². The third-order valence-electron chi connectivity index (χ3n) is 4.73. The van der Waals surface area contributed by atoms with E-state index < -0.39 is 22.8 Å². The number of hydrogen-bond donors (Lipinski definition) is 1. The third kappa shape index (κ3) is 4.77. The van der Waals surface area contributed by atoms with Crippen molar-refractivity contribution >= 4 is 29.7 Å². The van der Waals surface area contributed by atoms with Crippen LogP contribution in [0, 0.1) is 10.1 Å². The quantitative estimate of drug-likeness (QED) is 0.215. The predicted octanol–water partition coefficient (Wildman–Crippen LogP) is 3.24. The highest BCUT2D eigenvalue weighted by Gasteiger charge is 2.34. The van der Waals surface area contributed by atoms with Crippen LogP contribution in [0.2, 0.25) is 0 Å². The van der Waals surface area contributed by atoms with Crippen LogP contribution in [-0.2, 0) is 16.1 Å². The average Bonchev–Trinajstić information content (AvgIpc) is 3.34. The summed E-state index contributed by atoms with van der Waals surface area (Å²) in [6.07, 6.45) is 1.86. The van der Waals surface area contributed by atoms with Crippen LogP contribution in [0.25, 0.3) is 6.08 Å². The van der Waals surface area contributed by atoms with Crippen molar-refractivity contribution in [2.75, 3.05) is 7.11 Å². The van der Waals surface area contributed by atoms with Gasteiger partial charge >= 0.3 is 12.0 Å². The first-order valence-corrected chi connectivity index (χ1v) is 9.70. The molecule has 1 fully saturated rings. The predicted molar refractivity (Wildman–Crippen MR) is 111 cm³/mol. The summed E-state index contributed by atoms with van der Waals surface area (Å²) in [5.74, 6) is -0.868. The van der Waals surface area contributed by atoms with Crippen LogP contribution in [0.15, 0.2) is 40.4 Å². The van der Waals surface area contributed by atoms with Crippen LogP contribution in [-0.4, -0.2) is 40.9 Å². The molecule has 3 rings (SSSR count). The number of carbonyl (C=O) groups excluding carboxylic acids is 3. The van der Waals surface area contributed by atoms with Gasteiger partial charge in [-0.15, -0.1) is 0 Å². The second-order valence-corrected chi connectivity index (χ2v) is 6.95. The average molecular weight is 443 g/mol. The van der Waals surface area contributed by atoms with Gasteiger partial charge in [-0.3, -0.25) is 19.8 Å². The number of amides is 3. The zero-order chi connectivity index (χ0) is 23.4. The van der Waals surface area contributed by atoms with Crippen molar-refractivity contribution in [1.82, 2.24) is 10.2 Å². The number of hydrogen-bond acceptors (Lipinski definition) is 8. The van der Waals surface area contributed by atoms with Crippen molar-refractivity contribution in [1.29, 1.82) is 0 Å². The first-order chi connectivity index (χ1) is 15.2. The Morgan fingerprint density at radius 1 is 1.31 bits per heavy atom. The van der Waals surface area contributed by atoms with E-state index in [1.165, 1.54) is 43.5 Å². The molecule has 11 nitrogen and oxygen atoms in total. The Labute approximate surface area is 182 Å². The van der Waals surface area contributed by atoms with Gasteiger partial charge in [0.15, 0.2) is 0 Å². The summed E-state index contributed by atoms with van der Waals surface area (Å²) in [6, 6.07) is 6.14. The van der Waals surface area contributed by atoms with Crippen LogP contribution < -0.4 is 10.1 Å². The van der Waals surface area contributed by atoms with Gasteiger partial charge in [-0.25, -0.2) is 9.59 Å². The highest BCUT2D eigenvalue weighted by molar-refractivity contribution is 6.14. The van der Waals surface area contributed by atoms with Crippen molar-refractivity contribution in [3.63, 3.8) is 0 Å². The lowest BCUT2D eigenvalue weighted by molar-refractivity contribution is -0.384. The molecule has 0 bridgehead atoms. The highest BCUT2D eigenvalue weighted by Crippen LogP contribution is 2.29. The molecule has 0 spiro atoms. The van der Waals surface area contributed by atoms with Crippen LogP contribution in [0.5, 0.6) is 5.75 Å². The number of furan rings is 1. The molecule has 0 unspecified atom stereocenters. The number of rotatable bonds is 8. The topological polar surface area (TPSA) is 141 Å². The lowest BCUT2D eigenvalue weighted by Crippen LogP contribution is -2.30. The molecule has 1 aliphatic heterocycles. The second kappa shape index (κ2) is 9.33. The number of nitrogens with one attached hydrogen (secondary N) is 1. The summed E-state index contributed by atoms with van der Waals surface area (Å²) >= 11 is 0. The molecular formula is C21H21N3O8. The van der Waals surface area contributed by atoms with Crippen molar-refractivity contribution < 1.29 is 33.2 Å². The van der Waals surface area contributed by atoms with E-state index in [0.29, 0.717) is 12.2 Å². The number of non-ortho nitro benzene ring substituents is 1. The minimum atomic E-state index is -0.702. The zero-order valence-corrected chi connectivity index (χ0v) is 17.6. The first kappa shape index (κ1) is 22.5. The minimum absolute atomic E-state index is 0.0613. The Kier molecular flexibility index (Phi) is 6.57. The lowest BCUT2D eigenvalue weighted by atomic mass is 10.1. The molecule has 1 aromatic carbocycles. The van der Waals surface area contributed by atoms with E-state index in [1.807, 2.05) is 13.8 Å². The van der Waals surface area contributed by atoms with E-state index in [9.17, 15) is 24.5 Å². The zero-order valence-electron chi connectivity index (χ0n) is 17.6. The number of methoxy groups -OCH3 is 1. The van der Waals surface area contributed by atoms with E-state index in [1.54, 1.807) is 0 Å². The van der Waals surface area contributed by atoms with Gasteiger partial charge in [-0.1, -0.05) is 6.92 Å². The fourth-order valence-electron chi connectivity index (χ4n) is 2.87. The number of ether oxygens (including phenoxy) is 2. The molecule has 2 heterocycles. The summed E-state index contributed by atoms with van der Waals surface area (Å²) in [5, 5.41) is 13.6. The minimum Gasteiger partial charge on any atom is -0.490 e. The Hall–Kier alpha value is -4.15. The maximum atomic E-state index is 12.8. The molecule has 11 heteroatoms. The van der Waals surface area contributed by atoms with Gasteiger partial charge in [0.2, 0.25) is 5.76 Å². The fourth-order valence-corrected chi connectivity index (χ4v) is 2.87. The largest absolute Gasteiger partial charge is 0.490 e. The number of esters is 1. The molecule has 1 saturated heterocycles. The van der Waals surface area contributed by atoms with Crippen molar-refractivity contribution in [2.45, 2.75) is 32.9 Å². The Bertz CT molecular complexity index is 1100. The fraction of sp³-hybridized carbons (Fsp3) is 0.286. The molecule has 3 amide bonds. The maximum absolute atomic E-state index is 12.8. The number of nitro benzene ring substituents is 1. The van der Waals surface area contributed by atoms with Gasteiger partial charge in [0.05, 0.1) is 24.7 Å². The normalized spacial score (nSPS) is 15.6. The monoisotopic (exact) mass is 443 g/mol. The van der Waals surface area contributed by atoms with Gasteiger partial charge in [0.25, 0.3) is 11.6 Å². The SMILES string of the molecule is CC[C@H](C)Oc1ccc([N+](=O)[O-])cc1/C=C1\NC(=O)N(Cc2ccc(C(=O)OC)o2)C1=O. The lowest BCUT2D eigenvalue weighted by Gasteiger charge is -2.15. The van der Waals surface area contributed by atoms with E-state index in [0.717, 1.165) is 4.90 Å². The summed E-state index contributed by atoms with van der Waals surface area (Å²) in [7, 11) is 1.20. The maximum Gasteiger partial charge on any atom is 0.373 e. The van der Waals surface area contributed by atoms with Gasteiger partial charge in [-0.05, 0) is 37.6 Å². The molecule has 2 aromatic rings. The number of urea groups is 1. The number of nitro groups is 1. The van der Waals surface area contributed by atoms with Crippen LogP contribution in [0.4, 0.5) is 10.5 Å². The number of benzene rings is 1. The molecule has 0 saturated carbocycles. The van der Waals surface area contributed by atoms with E-state index >= 15 is 0 Å². The van der Waals surface area contributed by atoms with E-state index in [2.05, 4.69) is 10.1 Å². The summed E-state index contributed by atoms with van der Waals surface area (Å²) in [6.45, 7) is 3.55. The van der Waals surface area contributed by atoms with Crippen LogP contribution in [0.1, 0.15) is 42.1 Å². The second-order valence-electron chi connectivity index (χ2n) is 6.95. The summed E-state index contributed by atoms with van der Waals surface area (Å²) in [5.41, 5.74) is 0.00753.